The molecule has 2 aliphatic heterocycles. The van der Waals surface area contributed by atoms with Crippen molar-refractivity contribution in [2.45, 2.75) is 86.0 Å². The third-order valence-corrected chi connectivity index (χ3v) is 13.3. The number of esters is 1. The van der Waals surface area contributed by atoms with Crippen molar-refractivity contribution in [3.05, 3.63) is 124 Å². The van der Waals surface area contributed by atoms with Gasteiger partial charge in [0.05, 0.1) is 25.0 Å². The fourth-order valence-corrected chi connectivity index (χ4v) is 9.94. The van der Waals surface area contributed by atoms with Crippen molar-refractivity contribution in [3.63, 3.8) is 0 Å². The van der Waals surface area contributed by atoms with Crippen molar-refractivity contribution in [1.29, 1.82) is 0 Å². The lowest BCUT2D eigenvalue weighted by Crippen LogP contribution is -2.36. The Hall–Kier alpha value is -4.61. The third kappa shape index (κ3) is 6.23. The molecular weight excluding hydrogens is 700 g/mol. The molecule has 55 heavy (non-hydrogen) atoms. The van der Waals surface area contributed by atoms with Gasteiger partial charge in [0, 0.05) is 46.1 Å². The second-order valence-corrected chi connectivity index (χ2v) is 17.5. The highest BCUT2D eigenvalue weighted by Crippen LogP contribution is 2.52. The molecule has 0 amide bonds. The third-order valence-electron chi connectivity index (χ3n) is 12.8. The van der Waals surface area contributed by atoms with E-state index in [1.807, 2.05) is 13.8 Å². The molecule has 1 atom stereocenters. The number of rotatable bonds is 8. The summed E-state index contributed by atoms with van der Waals surface area (Å²) in [6.07, 6.45) is 10.3. The normalized spacial score (nSPS) is 20.7. The van der Waals surface area contributed by atoms with Crippen LogP contribution in [0.15, 0.2) is 107 Å². The van der Waals surface area contributed by atoms with Crippen LogP contribution in [0.4, 0.5) is 11.4 Å². The van der Waals surface area contributed by atoms with Gasteiger partial charge in [0.15, 0.2) is 5.71 Å². The summed E-state index contributed by atoms with van der Waals surface area (Å²) >= 11 is 7.48. The fraction of sp³-hybridized carbons (Fsp3) is 0.388. The van der Waals surface area contributed by atoms with Crippen molar-refractivity contribution in [1.82, 2.24) is 0 Å². The average molecular weight is 756 g/mol. The number of carbonyl (C=O) groups excluding carboxylic acids is 1. The van der Waals surface area contributed by atoms with Crippen LogP contribution in [-0.4, -0.2) is 43.6 Å². The average Bonchev–Trinajstić information content (AvgIpc) is 3.53. The first kappa shape index (κ1) is 38.7. The first-order valence-corrected chi connectivity index (χ1v) is 20.1. The predicted octanol–water partition coefficient (Wildman–Crippen LogP) is 12.0. The van der Waals surface area contributed by atoms with Crippen LogP contribution in [0.3, 0.4) is 0 Å². The molecule has 0 fully saturated rings. The molecule has 6 heteroatoms. The largest absolute Gasteiger partial charge is 0.497 e. The summed E-state index contributed by atoms with van der Waals surface area (Å²) in [5.41, 5.74) is 9.77. The molecule has 0 N–H and O–H groups in total. The molecule has 4 aromatic rings. The van der Waals surface area contributed by atoms with Gasteiger partial charge in [-0.2, -0.15) is 4.58 Å². The fourth-order valence-electron chi connectivity index (χ4n) is 9.66. The van der Waals surface area contributed by atoms with E-state index in [9.17, 15) is 4.79 Å². The van der Waals surface area contributed by atoms with E-state index in [2.05, 4.69) is 143 Å². The highest BCUT2D eigenvalue weighted by molar-refractivity contribution is 6.32. The van der Waals surface area contributed by atoms with Gasteiger partial charge in [0.2, 0.25) is 5.69 Å². The molecule has 2 heterocycles. The Morgan fingerprint density at radius 1 is 0.891 bits per heavy atom. The van der Waals surface area contributed by atoms with Gasteiger partial charge >= 0.3 is 5.97 Å². The van der Waals surface area contributed by atoms with Gasteiger partial charge in [-0.1, -0.05) is 73.5 Å². The molecule has 1 unspecified atom stereocenters. The van der Waals surface area contributed by atoms with E-state index in [1.54, 1.807) is 7.11 Å². The van der Waals surface area contributed by atoms with Gasteiger partial charge in [0.1, 0.15) is 12.3 Å². The number of hydrogen-bond donors (Lipinski definition) is 0. The lowest BCUT2D eigenvalue weighted by molar-refractivity contribution is -0.433. The molecule has 3 aliphatic rings. The number of ether oxygens (including phenoxy) is 2. The summed E-state index contributed by atoms with van der Waals surface area (Å²) in [6, 6.07) is 22.1. The number of fused-ring (bicyclic) bond motifs is 6. The summed E-state index contributed by atoms with van der Waals surface area (Å²) in [7, 11) is 3.20. The summed E-state index contributed by atoms with van der Waals surface area (Å²) in [5.74, 6) is 0.648. The molecule has 0 bridgehead atoms. The van der Waals surface area contributed by atoms with Gasteiger partial charge in [-0.15, -0.1) is 0 Å². The quantitative estimate of drug-likeness (QED) is 0.133. The molecule has 4 aromatic carbocycles. The molecule has 7 rings (SSSR count). The van der Waals surface area contributed by atoms with Gasteiger partial charge in [-0.05, 0) is 136 Å². The minimum absolute atomic E-state index is 0.00464. The minimum Gasteiger partial charge on any atom is -0.497 e. The number of methoxy groups -OCH3 is 2. The lowest BCUT2D eigenvalue weighted by atomic mass is 9.69. The van der Waals surface area contributed by atoms with Crippen molar-refractivity contribution < 1.29 is 18.8 Å². The van der Waals surface area contributed by atoms with Crippen LogP contribution in [0, 0.1) is 18.3 Å². The van der Waals surface area contributed by atoms with Crippen LogP contribution in [0.5, 0.6) is 5.75 Å². The maximum Gasteiger partial charge on any atom is 0.311 e. The van der Waals surface area contributed by atoms with Crippen molar-refractivity contribution in [3.8, 4) is 5.75 Å². The zero-order valence-corrected chi connectivity index (χ0v) is 35.2. The number of likely N-dealkylation sites (N-methyl/N-ethyl adjacent to an activating group) is 1. The lowest BCUT2D eigenvalue weighted by Gasteiger charge is -2.36. The second kappa shape index (κ2) is 14.2. The van der Waals surface area contributed by atoms with Crippen molar-refractivity contribution in [2.24, 2.45) is 11.3 Å². The predicted molar refractivity (Wildman–Crippen MR) is 230 cm³/mol. The Bertz CT molecular complexity index is 2400. The molecular formula is C49H56ClN2O3+. The van der Waals surface area contributed by atoms with Crippen LogP contribution in [0.2, 0.25) is 0 Å². The standard InChI is InChI=1S/C49H56ClN2O3/c1-12-51-39-22-15-31-26-30(3)14-20-37(31)43(39)48(6,7)41(51)24-17-33-27-35(47(4,5)46(53)55-11)28-34(45(33)50)18-25-42-49(8,9)44-38-21-19-36(54-10)29-32(38)16-23-40(44)52(42)13-2/h14-26,29,35H,12-13,27-28H2,1-11H3/q+1. The van der Waals surface area contributed by atoms with Crippen LogP contribution in [0.1, 0.15) is 84.9 Å². The van der Waals surface area contributed by atoms with E-state index in [4.69, 9.17) is 21.1 Å². The van der Waals surface area contributed by atoms with Gasteiger partial charge < -0.3 is 14.4 Å². The van der Waals surface area contributed by atoms with E-state index >= 15 is 0 Å². The Morgan fingerprint density at radius 2 is 1.58 bits per heavy atom. The highest BCUT2D eigenvalue weighted by Gasteiger charge is 2.46. The van der Waals surface area contributed by atoms with Crippen LogP contribution < -0.4 is 9.64 Å². The van der Waals surface area contributed by atoms with E-state index in [-0.39, 0.29) is 22.7 Å². The smallest absolute Gasteiger partial charge is 0.311 e. The molecule has 0 saturated carbocycles. The Balaban J connectivity index is 1.33. The number of benzene rings is 4. The van der Waals surface area contributed by atoms with Crippen molar-refractivity contribution >= 4 is 56.2 Å². The van der Waals surface area contributed by atoms with E-state index in [0.717, 1.165) is 35.0 Å². The van der Waals surface area contributed by atoms with Crippen molar-refractivity contribution in [2.75, 3.05) is 32.2 Å². The van der Waals surface area contributed by atoms with E-state index in [1.165, 1.54) is 68.1 Å². The number of allylic oxidation sites excluding steroid dienone is 8. The molecule has 0 aromatic heterocycles. The Labute approximate surface area is 332 Å². The number of hydrogen-bond acceptors (Lipinski definition) is 4. The SMILES string of the molecule is CCN1C(=CC=C2CC(C(C)(C)C(=O)OC)CC(C=CC3=[N+](CC)c4ccc5cc(C)ccc5c4C3(C)C)=C2Cl)C(C)(C)c2c1ccc1cc(OC)ccc21. The molecule has 0 spiro atoms. The molecule has 286 valence electrons. The monoisotopic (exact) mass is 755 g/mol. The zero-order valence-electron chi connectivity index (χ0n) is 34.5. The van der Waals surface area contributed by atoms with Gasteiger partial charge in [0.25, 0.3) is 0 Å². The first-order valence-electron chi connectivity index (χ1n) is 19.7. The summed E-state index contributed by atoms with van der Waals surface area (Å²) < 4.78 is 13.4. The first-order chi connectivity index (χ1) is 26.1. The maximum absolute atomic E-state index is 13.3. The topological polar surface area (TPSA) is 41.8 Å². The minimum atomic E-state index is -0.710. The van der Waals surface area contributed by atoms with Crippen LogP contribution in [-0.2, 0) is 20.4 Å². The van der Waals surface area contributed by atoms with Crippen LogP contribution >= 0.6 is 11.6 Å². The summed E-state index contributed by atoms with van der Waals surface area (Å²) in [4.78, 5) is 15.7. The highest BCUT2D eigenvalue weighted by atomic mass is 35.5. The summed E-state index contributed by atoms with van der Waals surface area (Å²) in [5, 5.41) is 5.73. The number of halogens is 1. The van der Waals surface area contributed by atoms with Crippen LogP contribution in [0.25, 0.3) is 21.5 Å². The number of carbonyl (C=O) groups is 1. The Kier molecular flexibility index (Phi) is 9.95. The van der Waals surface area contributed by atoms with E-state index in [0.29, 0.717) is 12.8 Å². The number of nitrogens with zero attached hydrogens (tertiary/aromatic N) is 2. The Morgan fingerprint density at radius 3 is 2.27 bits per heavy atom. The molecule has 0 radical (unpaired) electrons. The second-order valence-electron chi connectivity index (χ2n) is 17.1. The number of aryl methyl sites for hydroxylation is 1. The van der Waals surface area contributed by atoms with E-state index < -0.39 is 5.41 Å². The molecule has 1 aliphatic carbocycles. The number of anilines is 1. The van der Waals surface area contributed by atoms with Gasteiger partial charge in [-0.25, -0.2) is 0 Å². The zero-order chi connectivity index (χ0) is 39.6. The van der Waals surface area contributed by atoms with Gasteiger partial charge in [-0.3, -0.25) is 4.79 Å². The molecule has 5 nitrogen and oxygen atoms in total. The molecule has 0 saturated heterocycles. The maximum atomic E-state index is 13.3. The summed E-state index contributed by atoms with van der Waals surface area (Å²) in [6.45, 7) is 21.6.